The summed E-state index contributed by atoms with van der Waals surface area (Å²) in [5.74, 6) is 1.06. The fraction of sp³-hybridized carbons (Fsp3) is 0.542. The highest BCUT2D eigenvalue weighted by Crippen LogP contribution is 2.47. The second-order valence-corrected chi connectivity index (χ2v) is 11.8. The Balaban J connectivity index is 1.41. The Labute approximate surface area is 184 Å². The Hall–Kier alpha value is -1.96. The van der Waals surface area contributed by atoms with E-state index in [1.165, 1.54) is 11.8 Å². The van der Waals surface area contributed by atoms with Crippen LogP contribution in [0.3, 0.4) is 0 Å². The SMILES string of the molecule is CS(=O)(=O)CCC1c2c(OC3CC4(CNC4)C3)ccnc2CCN1Cc1ccccc1. The number of rotatable bonds is 7. The number of pyridine rings is 1. The molecular weight excluding hydrogens is 410 g/mol. The van der Waals surface area contributed by atoms with Gasteiger partial charge in [-0.15, -0.1) is 0 Å². The van der Waals surface area contributed by atoms with E-state index >= 15 is 0 Å². The van der Waals surface area contributed by atoms with Crippen LogP contribution in [0, 0.1) is 5.41 Å². The van der Waals surface area contributed by atoms with Crippen LogP contribution in [-0.4, -0.2) is 56.0 Å². The predicted octanol–water partition coefficient (Wildman–Crippen LogP) is 2.75. The standard InChI is InChI=1S/C24H31N3O3S/c1-31(28,29)12-9-21-23-20(8-11-27(21)15-18-5-3-2-4-6-18)26-10-7-22(23)30-19-13-24(14-19)16-25-17-24/h2-7,10,19,21,25H,8-9,11-17H2,1H3. The lowest BCUT2D eigenvalue weighted by atomic mass is 9.63. The third kappa shape index (κ3) is 4.49. The van der Waals surface area contributed by atoms with Gasteiger partial charge in [0.2, 0.25) is 0 Å². The fourth-order valence-electron chi connectivity index (χ4n) is 5.34. The van der Waals surface area contributed by atoms with Crippen molar-refractivity contribution in [2.24, 2.45) is 5.41 Å². The summed E-state index contributed by atoms with van der Waals surface area (Å²) in [5, 5.41) is 3.38. The molecule has 1 aromatic heterocycles. The molecule has 1 saturated carbocycles. The Morgan fingerprint density at radius 3 is 2.65 bits per heavy atom. The van der Waals surface area contributed by atoms with Crippen LogP contribution in [0.25, 0.3) is 0 Å². The van der Waals surface area contributed by atoms with Crippen molar-refractivity contribution in [3.63, 3.8) is 0 Å². The maximum atomic E-state index is 12.0. The average molecular weight is 442 g/mol. The van der Waals surface area contributed by atoms with Gasteiger partial charge in [0.05, 0.1) is 17.6 Å². The second-order valence-electron chi connectivity index (χ2n) is 9.56. The zero-order valence-electron chi connectivity index (χ0n) is 18.1. The Bertz CT molecular complexity index is 1030. The number of sulfone groups is 1. The highest BCUT2D eigenvalue weighted by molar-refractivity contribution is 7.90. The number of fused-ring (bicyclic) bond motifs is 1. The summed E-state index contributed by atoms with van der Waals surface area (Å²) in [6, 6.07) is 12.3. The van der Waals surface area contributed by atoms with Gasteiger partial charge < -0.3 is 10.1 Å². The van der Waals surface area contributed by atoms with Crippen LogP contribution >= 0.6 is 0 Å². The lowest BCUT2D eigenvalue weighted by Crippen LogP contribution is -2.62. The largest absolute Gasteiger partial charge is 0.490 e. The minimum atomic E-state index is -3.06. The van der Waals surface area contributed by atoms with Crippen LogP contribution in [0.15, 0.2) is 42.6 Å². The molecule has 1 atom stereocenters. The molecule has 1 aliphatic carbocycles. The van der Waals surface area contributed by atoms with Gasteiger partial charge in [-0.3, -0.25) is 9.88 Å². The molecule has 0 amide bonds. The molecule has 3 aliphatic rings. The van der Waals surface area contributed by atoms with Crippen molar-refractivity contribution >= 4 is 9.84 Å². The van der Waals surface area contributed by atoms with Crippen LogP contribution in [0.2, 0.25) is 0 Å². The van der Waals surface area contributed by atoms with Gasteiger partial charge in [-0.25, -0.2) is 8.42 Å². The van der Waals surface area contributed by atoms with E-state index in [0.29, 0.717) is 11.8 Å². The molecule has 3 heterocycles. The van der Waals surface area contributed by atoms with E-state index in [-0.39, 0.29) is 17.9 Å². The summed E-state index contributed by atoms with van der Waals surface area (Å²) in [5.41, 5.74) is 3.84. The summed E-state index contributed by atoms with van der Waals surface area (Å²) < 4.78 is 30.5. The van der Waals surface area contributed by atoms with Gasteiger partial charge in [-0.1, -0.05) is 30.3 Å². The van der Waals surface area contributed by atoms with Gasteiger partial charge in [0.15, 0.2) is 0 Å². The molecule has 2 fully saturated rings. The number of nitrogens with one attached hydrogen (secondary N) is 1. The van der Waals surface area contributed by atoms with Gasteiger partial charge in [-0.2, -0.15) is 0 Å². The average Bonchev–Trinajstić information content (AvgIpc) is 2.68. The minimum Gasteiger partial charge on any atom is -0.490 e. The molecule has 1 unspecified atom stereocenters. The van der Waals surface area contributed by atoms with Crippen LogP contribution in [0.4, 0.5) is 0 Å². The number of benzene rings is 1. The number of nitrogens with zero attached hydrogens (tertiary/aromatic N) is 2. The van der Waals surface area contributed by atoms with Gasteiger partial charge in [-0.05, 0) is 30.9 Å². The number of hydrogen-bond acceptors (Lipinski definition) is 6. The fourth-order valence-corrected chi connectivity index (χ4v) is 5.99. The first-order chi connectivity index (χ1) is 14.9. The van der Waals surface area contributed by atoms with E-state index in [4.69, 9.17) is 4.74 Å². The van der Waals surface area contributed by atoms with Crippen molar-refractivity contribution in [3.05, 3.63) is 59.4 Å². The third-order valence-electron chi connectivity index (χ3n) is 7.05. The van der Waals surface area contributed by atoms with E-state index in [1.807, 2.05) is 18.3 Å². The quantitative estimate of drug-likeness (QED) is 0.712. The molecular formula is C24H31N3O3S. The molecule has 0 bridgehead atoms. The summed E-state index contributed by atoms with van der Waals surface area (Å²) in [7, 11) is -3.06. The van der Waals surface area contributed by atoms with E-state index in [2.05, 4.69) is 39.5 Å². The zero-order chi connectivity index (χ0) is 21.5. The number of ether oxygens (including phenoxy) is 1. The molecule has 1 spiro atoms. The van der Waals surface area contributed by atoms with Crippen molar-refractivity contribution < 1.29 is 13.2 Å². The van der Waals surface area contributed by atoms with Gasteiger partial charge in [0.1, 0.15) is 15.6 Å². The van der Waals surface area contributed by atoms with E-state index in [0.717, 1.165) is 62.4 Å². The highest BCUT2D eigenvalue weighted by atomic mass is 32.2. The molecule has 31 heavy (non-hydrogen) atoms. The predicted molar refractivity (Wildman–Crippen MR) is 121 cm³/mol. The summed E-state index contributed by atoms with van der Waals surface area (Å²) in [4.78, 5) is 7.06. The van der Waals surface area contributed by atoms with E-state index in [9.17, 15) is 8.42 Å². The molecule has 1 saturated heterocycles. The lowest BCUT2D eigenvalue weighted by Gasteiger charge is -2.54. The summed E-state index contributed by atoms with van der Waals surface area (Å²) in [6.45, 7) is 3.86. The molecule has 2 aromatic rings. The molecule has 6 nitrogen and oxygen atoms in total. The van der Waals surface area contributed by atoms with Gasteiger partial charge >= 0.3 is 0 Å². The second kappa shape index (κ2) is 8.19. The third-order valence-corrected chi connectivity index (χ3v) is 8.03. The number of aromatic nitrogens is 1. The topological polar surface area (TPSA) is 71.5 Å². The van der Waals surface area contributed by atoms with Crippen molar-refractivity contribution in [1.29, 1.82) is 0 Å². The lowest BCUT2D eigenvalue weighted by molar-refractivity contribution is -0.0506. The van der Waals surface area contributed by atoms with Crippen molar-refractivity contribution in [2.75, 3.05) is 31.6 Å². The molecule has 2 aliphatic heterocycles. The molecule has 1 aromatic carbocycles. The summed E-state index contributed by atoms with van der Waals surface area (Å²) in [6.07, 6.45) is 7.01. The Kier molecular flexibility index (Phi) is 5.52. The maximum Gasteiger partial charge on any atom is 0.147 e. The molecule has 5 rings (SSSR count). The van der Waals surface area contributed by atoms with E-state index in [1.54, 1.807) is 0 Å². The van der Waals surface area contributed by atoms with Crippen molar-refractivity contribution in [2.45, 2.75) is 44.4 Å². The first kappa shape index (κ1) is 20.9. The van der Waals surface area contributed by atoms with Crippen LogP contribution in [0.1, 0.15) is 42.1 Å². The van der Waals surface area contributed by atoms with Gasteiger partial charge in [0.25, 0.3) is 0 Å². The minimum absolute atomic E-state index is 0.0122. The summed E-state index contributed by atoms with van der Waals surface area (Å²) >= 11 is 0. The first-order valence-corrected chi connectivity index (χ1v) is 13.3. The van der Waals surface area contributed by atoms with Crippen LogP contribution in [0.5, 0.6) is 5.75 Å². The Morgan fingerprint density at radius 1 is 1.19 bits per heavy atom. The van der Waals surface area contributed by atoms with Crippen LogP contribution < -0.4 is 10.1 Å². The molecule has 1 N–H and O–H groups in total. The zero-order valence-corrected chi connectivity index (χ0v) is 18.9. The highest BCUT2D eigenvalue weighted by Gasteiger charge is 2.50. The van der Waals surface area contributed by atoms with Crippen molar-refractivity contribution in [3.8, 4) is 5.75 Å². The monoisotopic (exact) mass is 441 g/mol. The first-order valence-electron chi connectivity index (χ1n) is 11.2. The van der Waals surface area contributed by atoms with E-state index < -0.39 is 9.84 Å². The van der Waals surface area contributed by atoms with Crippen LogP contribution in [-0.2, 0) is 22.8 Å². The maximum absolute atomic E-state index is 12.0. The smallest absolute Gasteiger partial charge is 0.147 e. The number of hydrogen-bond donors (Lipinski definition) is 1. The molecule has 7 heteroatoms. The Morgan fingerprint density at radius 2 is 1.97 bits per heavy atom. The van der Waals surface area contributed by atoms with Crippen molar-refractivity contribution in [1.82, 2.24) is 15.2 Å². The molecule has 0 radical (unpaired) electrons. The van der Waals surface area contributed by atoms with Gasteiger partial charge in [0, 0.05) is 62.1 Å². The normalized spacial score (nSPS) is 23.1. The molecule has 166 valence electrons.